The highest BCUT2D eigenvalue weighted by Gasteiger charge is 1.89. The van der Waals surface area contributed by atoms with Gasteiger partial charge in [-0.15, -0.1) is 0 Å². The Kier molecular flexibility index (Phi) is 7.87. The molecule has 0 atom stereocenters. The fraction of sp³-hybridized carbons (Fsp3) is 0.636. The predicted octanol–water partition coefficient (Wildman–Crippen LogP) is 3.38. The highest BCUT2D eigenvalue weighted by molar-refractivity contribution is 4.85. The lowest BCUT2D eigenvalue weighted by Crippen LogP contribution is -1.93. The van der Waals surface area contributed by atoms with Crippen molar-refractivity contribution >= 4 is 0 Å². The SMILES string of the molecule is C=C(N)CCCCCC/C=C/C. The fourth-order valence-corrected chi connectivity index (χ4v) is 1.13. The first-order valence-corrected chi connectivity index (χ1v) is 4.81. The van der Waals surface area contributed by atoms with E-state index in [0.717, 1.165) is 12.1 Å². The molecule has 0 bridgehead atoms. The quantitative estimate of drug-likeness (QED) is 0.456. The van der Waals surface area contributed by atoms with Crippen molar-refractivity contribution < 1.29 is 0 Å². The fourth-order valence-electron chi connectivity index (χ4n) is 1.13. The van der Waals surface area contributed by atoms with Crippen molar-refractivity contribution in [2.24, 2.45) is 5.73 Å². The number of hydrogen-bond donors (Lipinski definition) is 1. The van der Waals surface area contributed by atoms with Crippen molar-refractivity contribution in [2.45, 2.75) is 45.4 Å². The first kappa shape index (κ1) is 11.3. The molecule has 1 nitrogen and oxygen atoms in total. The van der Waals surface area contributed by atoms with Crippen LogP contribution in [-0.4, -0.2) is 0 Å². The second-order valence-corrected chi connectivity index (χ2v) is 3.18. The van der Waals surface area contributed by atoms with E-state index in [2.05, 4.69) is 25.7 Å². The van der Waals surface area contributed by atoms with Crippen molar-refractivity contribution in [3.8, 4) is 0 Å². The zero-order valence-corrected chi connectivity index (χ0v) is 8.18. The topological polar surface area (TPSA) is 26.0 Å². The maximum absolute atomic E-state index is 5.45. The van der Waals surface area contributed by atoms with Gasteiger partial charge in [0.05, 0.1) is 0 Å². The van der Waals surface area contributed by atoms with Crippen LogP contribution in [0.3, 0.4) is 0 Å². The number of hydrogen-bond acceptors (Lipinski definition) is 1. The van der Waals surface area contributed by atoms with Gasteiger partial charge in [0.2, 0.25) is 0 Å². The summed E-state index contributed by atoms with van der Waals surface area (Å²) in [5.74, 6) is 0. The third-order valence-corrected chi connectivity index (χ3v) is 1.85. The first-order valence-electron chi connectivity index (χ1n) is 4.81. The van der Waals surface area contributed by atoms with Crippen molar-refractivity contribution in [1.29, 1.82) is 0 Å². The van der Waals surface area contributed by atoms with E-state index in [4.69, 9.17) is 5.73 Å². The minimum Gasteiger partial charge on any atom is -0.403 e. The zero-order valence-electron chi connectivity index (χ0n) is 8.18. The molecule has 0 unspecified atom stereocenters. The van der Waals surface area contributed by atoms with Crippen LogP contribution in [0.2, 0.25) is 0 Å². The molecule has 12 heavy (non-hydrogen) atoms. The van der Waals surface area contributed by atoms with Gasteiger partial charge >= 0.3 is 0 Å². The van der Waals surface area contributed by atoms with E-state index in [0.29, 0.717) is 0 Å². The summed E-state index contributed by atoms with van der Waals surface area (Å²) in [6.45, 7) is 5.74. The molecule has 0 radical (unpaired) electrons. The molecular formula is C11H21N. The average molecular weight is 167 g/mol. The minimum atomic E-state index is 0.823. The number of unbranched alkanes of at least 4 members (excludes halogenated alkanes) is 4. The Morgan fingerprint density at radius 1 is 1.25 bits per heavy atom. The van der Waals surface area contributed by atoms with Gasteiger partial charge in [-0.05, 0) is 32.6 Å². The van der Waals surface area contributed by atoms with E-state index in [1.807, 2.05) is 0 Å². The molecule has 2 N–H and O–H groups in total. The predicted molar refractivity (Wildman–Crippen MR) is 55.8 cm³/mol. The summed E-state index contributed by atoms with van der Waals surface area (Å²) in [5, 5.41) is 0. The molecule has 0 aromatic heterocycles. The van der Waals surface area contributed by atoms with E-state index >= 15 is 0 Å². The summed E-state index contributed by atoms with van der Waals surface area (Å²) in [6.07, 6.45) is 11.7. The lowest BCUT2D eigenvalue weighted by molar-refractivity contribution is 0.643. The summed E-state index contributed by atoms with van der Waals surface area (Å²) in [5.41, 5.74) is 6.27. The van der Waals surface area contributed by atoms with Crippen LogP contribution < -0.4 is 5.73 Å². The number of nitrogens with two attached hydrogens (primary N) is 1. The molecule has 0 aliphatic carbocycles. The van der Waals surface area contributed by atoms with Crippen LogP contribution in [0.5, 0.6) is 0 Å². The van der Waals surface area contributed by atoms with Gasteiger partial charge in [-0.2, -0.15) is 0 Å². The van der Waals surface area contributed by atoms with Gasteiger partial charge in [-0.1, -0.05) is 31.6 Å². The summed E-state index contributed by atoms with van der Waals surface area (Å²) < 4.78 is 0. The maximum Gasteiger partial charge on any atom is 0.000744 e. The van der Waals surface area contributed by atoms with Gasteiger partial charge < -0.3 is 5.73 Å². The van der Waals surface area contributed by atoms with Crippen molar-refractivity contribution in [3.05, 3.63) is 24.4 Å². The Balaban J connectivity index is 2.96. The van der Waals surface area contributed by atoms with Gasteiger partial charge in [0.25, 0.3) is 0 Å². The average Bonchev–Trinajstić information content (AvgIpc) is 2.02. The van der Waals surface area contributed by atoms with Gasteiger partial charge in [-0.3, -0.25) is 0 Å². The van der Waals surface area contributed by atoms with Gasteiger partial charge in [0, 0.05) is 5.70 Å². The van der Waals surface area contributed by atoms with E-state index in [-0.39, 0.29) is 0 Å². The standard InChI is InChI=1S/C11H21N/c1-3-4-5-6-7-8-9-10-11(2)12/h3-4H,2,5-10,12H2,1H3/b4-3+. The lowest BCUT2D eigenvalue weighted by atomic mass is 10.1. The van der Waals surface area contributed by atoms with Crippen molar-refractivity contribution in [1.82, 2.24) is 0 Å². The highest BCUT2D eigenvalue weighted by atomic mass is 14.5. The Bertz CT molecular complexity index is 136. The lowest BCUT2D eigenvalue weighted by Gasteiger charge is -1.99. The second kappa shape index (κ2) is 8.38. The molecule has 0 aliphatic rings. The van der Waals surface area contributed by atoms with Crippen LogP contribution in [0.4, 0.5) is 0 Å². The molecule has 0 aromatic carbocycles. The van der Waals surface area contributed by atoms with E-state index < -0.39 is 0 Å². The van der Waals surface area contributed by atoms with Crippen molar-refractivity contribution in [2.75, 3.05) is 0 Å². The second-order valence-electron chi connectivity index (χ2n) is 3.18. The van der Waals surface area contributed by atoms with Gasteiger partial charge in [0.15, 0.2) is 0 Å². The van der Waals surface area contributed by atoms with Crippen LogP contribution in [0.15, 0.2) is 24.4 Å². The molecule has 0 aliphatic heterocycles. The monoisotopic (exact) mass is 167 g/mol. The molecule has 0 rings (SSSR count). The smallest absolute Gasteiger partial charge is 0.000744 e. The normalized spacial score (nSPS) is 10.8. The first-order chi connectivity index (χ1) is 5.77. The molecule has 0 saturated heterocycles. The Labute approximate surface area is 76.3 Å². The molecule has 1 heteroatoms. The molecule has 0 fully saturated rings. The maximum atomic E-state index is 5.45. The summed E-state index contributed by atoms with van der Waals surface area (Å²) in [4.78, 5) is 0. The Morgan fingerprint density at radius 3 is 2.50 bits per heavy atom. The largest absolute Gasteiger partial charge is 0.403 e. The summed E-state index contributed by atoms with van der Waals surface area (Å²) in [6, 6.07) is 0. The number of rotatable bonds is 7. The minimum absolute atomic E-state index is 0.823. The number of allylic oxidation sites excluding steroid dienone is 3. The van der Waals surface area contributed by atoms with Gasteiger partial charge in [0.1, 0.15) is 0 Å². The summed E-state index contributed by atoms with van der Waals surface area (Å²) >= 11 is 0. The molecule has 0 spiro atoms. The molecule has 70 valence electrons. The third-order valence-electron chi connectivity index (χ3n) is 1.85. The highest BCUT2D eigenvalue weighted by Crippen LogP contribution is 2.07. The van der Waals surface area contributed by atoms with Crippen LogP contribution in [-0.2, 0) is 0 Å². The van der Waals surface area contributed by atoms with Gasteiger partial charge in [-0.25, -0.2) is 0 Å². The van der Waals surface area contributed by atoms with Crippen molar-refractivity contribution in [3.63, 3.8) is 0 Å². The molecule has 0 aromatic rings. The third kappa shape index (κ3) is 9.28. The van der Waals surface area contributed by atoms with E-state index in [1.54, 1.807) is 0 Å². The summed E-state index contributed by atoms with van der Waals surface area (Å²) in [7, 11) is 0. The molecule has 0 amide bonds. The Morgan fingerprint density at radius 2 is 1.92 bits per heavy atom. The van der Waals surface area contributed by atoms with Crippen LogP contribution in [0, 0.1) is 0 Å². The van der Waals surface area contributed by atoms with Crippen LogP contribution in [0.1, 0.15) is 45.4 Å². The zero-order chi connectivity index (χ0) is 9.23. The van der Waals surface area contributed by atoms with E-state index in [9.17, 15) is 0 Å². The Hall–Kier alpha value is -0.720. The molecular weight excluding hydrogens is 146 g/mol. The van der Waals surface area contributed by atoms with Crippen LogP contribution in [0.25, 0.3) is 0 Å². The van der Waals surface area contributed by atoms with E-state index in [1.165, 1.54) is 32.1 Å². The molecule has 0 saturated carbocycles. The van der Waals surface area contributed by atoms with Crippen LogP contribution >= 0.6 is 0 Å². The molecule has 0 heterocycles.